The minimum absolute atomic E-state index is 0.0141. The zero-order valence-corrected chi connectivity index (χ0v) is 11.5. The Morgan fingerprint density at radius 1 is 1.29 bits per heavy atom. The van der Waals surface area contributed by atoms with Crippen LogP contribution in [0.15, 0.2) is 54.0 Å². The number of nitro groups is 1. The summed E-state index contributed by atoms with van der Waals surface area (Å²) >= 11 is 0. The van der Waals surface area contributed by atoms with E-state index in [0.29, 0.717) is 16.8 Å². The molecule has 0 aliphatic rings. The van der Waals surface area contributed by atoms with Crippen LogP contribution in [0.2, 0.25) is 0 Å². The maximum atomic E-state index is 12.3. The van der Waals surface area contributed by atoms with Crippen LogP contribution in [0.5, 0.6) is 0 Å². The highest BCUT2D eigenvalue weighted by molar-refractivity contribution is 5.64. The summed E-state index contributed by atoms with van der Waals surface area (Å²) in [4.78, 5) is 22.7. The minimum Gasteiger partial charge on any atom is -0.283 e. The number of pyridine rings is 1. The molecule has 0 amide bonds. The molecule has 0 aliphatic carbocycles. The molecule has 106 valence electrons. The van der Waals surface area contributed by atoms with Crippen molar-refractivity contribution in [3.8, 4) is 5.69 Å². The van der Waals surface area contributed by atoms with Gasteiger partial charge in [0, 0.05) is 29.5 Å². The summed E-state index contributed by atoms with van der Waals surface area (Å²) in [6.45, 7) is 5.42. The highest BCUT2D eigenvalue weighted by Gasteiger charge is 2.11. The molecule has 0 N–H and O–H groups in total. The van der Waals surface area contributed by atoms with Crippen molar-refractivity contribution in [2.45, 2.75) is 6.92 Å². The largest absolute Gasteiger partial charge is 0.283 e. The Morgan fingerprint density at radius 3 is 2.67 bits per heavy atom. The van der Waals surface area contributed by atoms with Gasteiger partial charge in [0.2, 0.25) is 0 Å². The summed E-state index contributed by atoms with van der Waals surface area (Å²) in [5.74, 6) is 0. The Kier molecular flexibility index (Phi) is 4.13. The van der Waals surface area contributed by atoms with Crippen LogP contribution in [-0.2, 0) is 0 Å². The first-order chi connectivity index (χ1) is 10.1. The summed E-state index contributed by atoms with van der Waals surface area (Å²) in [7, 11) is 0. The first kappa shape index (κ1) is 14.5. The van der Waals surface area contributed by atoms with Gasteiger partial charge in [-0.1, -0.05) is 24.8 Å². The van der Waals surface area contributed by atoms with Gasteiger partial charge in [0.05, 0.1) is 10.6 Å². The molecule has 21 heavy (non-hydrogen) atoms. The van der Waals surface area contributed by atoms with Crippen LogP contribution in [0.1, 0.15) is 18.1 Å². The fraction of sp³-hybridized carbons (Fsp3) is 0.0625. The van der Waals surface area contributed by atoms with E-state index in [2.05, 4.69) is 6.58 Å². The highest BCUT2D eigenvalue weighted by atomic mass is 16.6. The van der Waals surface area contributed by atoms with Crippen molar-refractivity contribution < 1.29 is 4.92 Å². The average molecular weight is 282 g/mol. The van der Waals surface area contributed by atoms with E-state index < -0.39 is 4.92 Å². The Labute approximate surface area is 121 Å². The zero-order chi connectivity index (χ0) is 15.4. The number of aromatic nitrogens is 1. The molecule has 1 aromatic heterocycles. The van der Waals surface area contributed by atoms with E-state index in [9.17, 15) is 14.9 Å². The number of benzene rings is 1. The number of hydrogen-bond donors (Lipinski definition) is 0. The lowest BCUT2D eigenvalue weighted by molar-refractivity contribution is -0.384. The van der Waals surface area contributed by atoms with Gasteiger partial charge in [-0.25, -0.2) is 0 Å². The normalized spacial score (nSPS) is 10.7. The molecule has 1 heterocycles. The number of allylic oxidation sites excluding steroid dienone is 1. The first-order valence-electron chi connectivity index (χ1n) is 6.34. The van der Waals surface area contributed by atoms with Crippen molar-refractivity contribution in [2.24, 2.45) is 0 Å². The standard InChI is InChI=1S/C16H14N2O3/c1-3-6-13-11-14(18(20)21)8-9-15(13)17-10-5-7-12(4-2)16(17)19/h3-11H,2H2,1H3. The smallest absolute Gasteiger partial charge is 0.270 e. The Morgan fingerprint density at radius 2 is 2.05 bits per heavy atom. The SMILES string of the molecule is C=Cc1cccn(-c2ccc([N+](=O)[O-])cc2C=CC)c1=O. The molecule has 0 spiro atoms. The van der Waals surface area contributed by atoms with Crippen molar-refractivity contribution in [3.63, 3.8) is 0 Å². The summed E-state index contributed by atoms with van der Waals surface area (Å²) in [5.41, 5.74) is 1.44. The molecule has 2 rings (SSSR count). The van der Waals surface area contributed by atoms with Crippen LogP contribution in [0.3, 0.4) is 0 Å². The summed E-state index contributed by atoms with van der Waals surface area (Å²) in [6.07, 6.45) is 6.61. The Bertz CT molecular complexity index is 788. The zero-order valence-electron chi connectivity index (χ0n) is 11.5. The molecular formula is C16H14N2O3. The van der Waals surface area contributed by atoms with Gasteiger partial charge in [-0.3, -0.25) is 19.5 Å². The highest BCUT2D eigenvalue weighted by Crippen LogP contribution is 2.21. The van der Waals surface area contributed by atoms with Crippen molar-refractivity contribution in [3.05, 3.63) is 80.8 Å². The number of hydrogen-bond acceptors (Lipinski definition) is 3. The molecule has 0 saturated carbocycles. The lowest BCUT2D eigenvalue weighted by atomic mass is 10.1. The van der Waals surface area contributed by atoms with Crippen LogP contribution < -0.4 is 5.56 Å². The lowest BCUT2D eigenvalue weighted by Crippen LogP contribution is -2.20. The lowest BCUT2D eigenvalue weighted by Gasteiger charge is -2.10. The third-order valence-corrected chi connectivity index (χ3v) is 3.02. The third-order valence-electron chi connectivity index (χ3n) is 3.02. The summed E-state index contributed by atoms with van der Waals surface area (Å²) in [6, 6.07) is 7.81. The number of non-ortho nitro benzene ring substituents is 1. The average Bonchev–Trinajstić information content (AvgIpc) is 2.48. The fourth-order valence-electron chi connectivity index (χ4n) is 2.04. The van der Waals surface area contributed by atoms with E-state index in [-0.39, 0.29) is 11.2 Å². The van der Waals surface area contributed by atoms with E-state index in [4.69, 9.17) is 0 Å². The van der Waals surface area contributed by atoms with Gasteiger partial charge in [0.1, 0.15) is 0 Å². The van der Waals surface area contributed by atoms with Gasteiger partial charge in [-0.15, -0.1) is 0 Å². The molecule has 0 unspecified atom stereocenters. The molecule has 0 aliphatic heterocycles. The van der Waals surface area contributed by atoms with Crippen LogP contribution >= 0.6 is 0 Å². The molecule has 5 heteroatoms. The van der Waals surface area contributed by atoms with Gasteiger partial charge >= 0.3 is 0 Å². The van der Waals surface area contributed by atoms with Gasteiger partial charge in [-0.2, -0.15) is 0 Å². The molecule has 5 nitrogen and oxygen atoms in total. The molecule has 0 fully saturated rings. The molecule has 0 saturated heterocycles. The second-order valence-electron chi connectivity index (χ2n) is 4.34. The summed E-state index contributed by atoms with van der Waals surface area (Å²) in [5, 5.41) is 10.9. The van der Waals surface area contributed by atoms with Crippen molar-refractivity contribution >= 4 is 17.8 Å². The van der Waals surface area contributed by atoms with E-state index in [0.717, 1.165) is 0 Å². The molecule has 2 aromatic rings. The van der Waals surface area contributed by atoms with Crippen LogP contribution in [0, 0.1) is 10.1 Å². The molecule has 0 atom stereocenters. The second kappa shape index (κ2) is 6.00. The molecule has 0 bridgehead atoms. The number of rotatable bonds is 4. The van der Waals surface area contributed by atoms with Crippen LogP contribution in [0.4, 0.5) is 5.69 Å². The van der Waals surface area contributed by atoms with Gasteiger partial charge in [-0.05, 0) is 25.1 Å². The van der Waals surface area contributed by atoms with E-state index >= 15 is 0 Å². The van der Waals surface area contributed by atoms with Crippen LogP contribution in [0.25, 0.3) is 17.8 Å². The molecule has 1 aromatic carbocycles. The predicted octanol–water partition coefficient (Wildman–Crippen LogP) is 3.42. The maximum absolute atomic E-state index is 12.3. The van der Waals surface area contributed by atoms with Crippen molar-refractivity contribution in [1.82, 2.24) is 4.57 Å². The predicted molar refractivity (Wildman–Crippen MR) is 83.5 cm³/mol. The Balaban J connectivity index is 2.72. The van der Waals surface area contributed by atoms with Gasteiger partial charge in [0.25, 0.3) is 11.2 Å². The van der Waals surface area contributed by atoms with Crippen LogP contribution in [-0.4, -0.2) is 9.49 Å². The molecule has 0 radical (unpaired) electrons. The quantitative estimate of drug-likeness (QED) is 0.637. The van der Waals surface area contributed by atoms with Crippen molar-refractivity contribution in [1.29, 1.82) is 0 Å². The minimum atomic E-state index is -0.459. The number of nitro benzene ring substituents is 1. The second-order valence-corrected chi connectivity index (χ2v) is 4.34. The Hall–Kier alpha value is -2.95. The maximum Gasteiger partial charge on any atom is 0.270 e. The van der Waals surface area contributed by atoms with Crippen molar-refractivity contribution in [2.75, 3.05) is 0 Å². The van der Waals surface area contributed by atoms with Gasteiger partial charge in [0.15, 0.2) is 0 Å². The third kappa shape index (κ3) is 2.81. The van der Waals surface area contributed by atoms with E-state index in [1.54, 1.807) is 36.5 Å². The molecular weight excluding hydrogens is 268 g/mol. The van der Waals surface area contributed by atoms with Gasteiger partial charge < -0.3 is 0 Å². The monoisotopic (exact) mass is 282 g/mol. The van der Waals surface area contributed by atoms with E-state index in [1.165, 1.54) is 22.8 Å². The fourth-order valence-corrected chi connectivity index (χ4v) is 2.04. The number of nitrogens with zero attached hydrogens (tertiary/aromatic N) is 2. The first-order valence-corrected chi connectivity index (χ1v) is 6.34. The topological polar surface area (TPSA) is 65.1 Å². The summed E-state index contributed by atoms with van der Waals surface area (Å²) < 4.78 is 1.45. The van der Waals surface area contributed by atoms with E-state index in [1.807, 2.05) is 6.92 Å².